The standard InChI is InChI=1S/C18H24O2S/c19-17(9-16-2-1-5-21-16)20-4-3-18-10-13-6-14(11-18)8-15(7-13)12-18/h1-2,5,13-15H,3-4,6-12H2. The fraction of sp³-hybridized carbons (Fsp3) is 0.722. The third kappa shape index (κ3) is 2.90. The monoisotopic (exact) mass is 304 g/mol. The minimum Gasteiger partial charge on any atom is -0.465 e. The zero-order valence-corrected chi connectivity index (χ0v) is 13.4. The fourth-order valence-corrected chi connectivity index (χ4v) is 6.27. The number of carbonyl (C=O) groups is 1. The van der Waals surface area contributed by atoms with Crippen molar-refractivity contribution in [3.8, 4) is 0 Å². The van der Waals surface area contributed by atoms with Crippen molar-refractivity contribution in [3.05, 3.63) is 22.4 Å². The van der Waals surface area contributed by atoms with Gasteiger partial charge in [-0.25, -0.2) is 0 Å². The van der Waals surface area contributed by atoms with Crippen LogP contribution < -0.4 is 0 Å². The molecule has 0 amide bonds. The van der Waals surface area contributed by atoms with Crippen LogP contribution in [0.15, 0.2) is 17.5 Å². The summed E-state index contributed by atoms with van der Waals surface area (Å²) in [6.07, 6.45) is 10.2. The zero-order chi connectivity index (χ0) is 14.3. The summed E-state index contributed by atoms with van der Waals surface area (Å²) in [6.45, 7) is 0.635. The molecule has 114 valence electrons. The van der Waals surface area contributed by atoms with Crippen LogP contribution in [0.4, 0.5) is 0 Å². The molecular weight excluding hydrogens is 280 g/mol. The van der Waals surface area contributed by atoms with Crippen LogP contribution in [0, 0.1) is 23.2 Å². The van der Waals surface area contributed by atoms with Gasteiger partial charge in [-0.3, -0.25) is 4.79 Å². The normalized spacial score (nSPS) is 36.9. The van der Waals surface area contributed by atoms with E-state index in [1.54, 1.807) is 11.3 Å². The number of hydrogen-bond donors (Lipinski definition) is 0. The Morgan fingerprint density at radius 2 is 1.86 bits per heavy atom. The molecule has 0 radical (unpaired) electrons. The quantitative estimate of drug-likeness (QED) is 0.752. The fourth-order valence-electron chi connectivity index (χ4n) is 5.58. The van der Waals surface area contributed by atoms with Crippen LogP contribution in [-0.4, -0.2) is 12.6 Å². The van der Waals surface area contributed by atoms with Gasteiger partial charge in [0.25, 0.3) is 0 Å². The number of carbonyl (C=O) groups excluding carboxylic acids is 1. The molecule has 21 heavy (non-hydrogen) atoms. The van der Waals surface area contributed by atoms with Crippen LogP contribution in [0.25, 0.3) is 0 Å². The third-order valence-corrected chi connectivity index (χ3v) is 6.84. The van der Waals surface area contributed by atoms with Crippen molar-refractivity contribution in [3.63, 3.8) is 0 Å². The summed E-state index contributed by atoms with van der Waals surface area (Å²) in [4.78, 5) is 13.0. The highest BCUT2D eigenvalue weighted by atomic mass is 32.1. The molecule has 0 aliphatic heterocycles. The van der Waals surface area contributed by atoms with Gasteiger partial charge in [0.05, 0.1) is 13.0 Å². The van der Waals surface area contributed by atoms with E-state index in [-0.39, 0.29) is 5.97 Å². The first-order valence-corrected chi connectivity index (χ1v) is 9.27. The van der Waals surface area contributed by atoms with Crippen LogP contribution in [0.2, 0.25) is 0 Å². The van der Waals surface area contributed by atoms with Crippen LogP contribution in [0.1, 0.15) is 49.8 Å². The Labute approximate surface area is 130 Å². The Kier molecular flexibility index (Phi) is 3.56. The van der Waals surface area contributed by atoms with Crippen molar-refractivity contribution < 1.29 is 9.53 Å². The van der Waals surface area contributed by atoms with Gasteiger partial charge in [-0.2, -0.15) is 0 Å². The third-order valence-electron chi connectivity index (χ3n) is 5.96. The van der Waals surface area contributed by atoms with Gasteiger partial charge in [-0.1, -0.05) is 6.07 Å². The molecule has 4 aliphatic carbocycles. The maximum Gasteiger partial charge on any atom is 0.311 e. The molecule has 0 aromatic carbocycles. The van der Waals surface area contributed by atoms with E-state index in [9.17, 15) is 4.79 Å². The van der Waals surface area contributed by atoms with Crippen molar-refractivity contribution in [1.29, 1.82) is 0 Å². The summed E-state index contributed by atoms with van der Waals surface area (Å²) in [5, 5.41) is 2.01. The summed E-state index contributed by atoms with van der Waals surface area (Å²) < 4.78 is 5.52. The van der Waals surface area contributed by atoms with Crippen molar-refractivity contribution in [1.82, 2.24) is 0 Å². The summed E-state index contributed by atoms with van der Waals surface area (Å²) in [6, 6.07) is 3.99. The maximum atomic E-state index is 11.9. The first kappa shape index (κ1) is 13.8. The molecule has 0 unspecified atom stereocenters. The van der Waals surface area contributed by atoms with Gasteiger partial charge >= 0.3 is 5.97 Å². The second kappa shape index (κ2) is 5.42. The van der Waals surface area contributed by atoms with Gasteiger partial charge in [0, 0.05) is 4.88 Å². The lowest BCUT2D eigenvalue weighted by Crippen LogP contribution is -2.46. The molecule has 0 N–H and O–H groups in total. The van der Waals surface area contributed by atoms with E-state index < -0.39 is 0 Å². The molecule has 0 atom stereocenters. The Balaban J connectivity index is 1.28. The predicted molar refractivity (Wildman–Crippen MR) is 84.2 cm³/mol. The van der Waals surface area contributed by atoms with E-state index in [0.717, 1.165) is 29.1 Å². The molecule has 1 aromatic heterocycles. The van der Waals surface area contributed by atoms with E-state index in [4.69, 9.17) is 4.74 Å². The number of ether oxygens (including phenoxy) is 1. The highest BCUT2D eigenvalue weighted by Crippen LogP contribution is 2.61. The van der Waals surface area contributed by atoms with E-state index in [2.05, 4.69) is 0 Å². The number of hydrogen-bond acceptors (Lipinski definition) is 3. The van der Waals surface area contributed by atoms with Crippen LogP contribution >= 0.6 is 11.3 Å². The van der Waals surface area contributed by atoms with Crippen molar-refractivity contribution in [2.24, 2.45) is 23.2 Å². The first-order valence-electron chi connectivity index (χ1n) is 8.39. The zero-order valence-electron chi connectivity index (χ0n) is 12.6. The smallest absolute Gasteiger partial charge is 0.311 e. The molecule has 1 aromatic rings. The van der Waals surface area contributed by atoms with E-state index in [1.165, 1.54) is 38.5 Å². The molecule has 1 heterocycles. The van der Waals surface area contributed by atoms with E-state index in [1.807, 2.05) is 17.5 Å². The average Bonchev–Trinajstić information content (AvgIpc) is 2.89. The molecule has 5 rings (SSSR count). The minimum absolute atomic E-state index is 0.0535. The van der Waals surface area contributed by atoms with Gasteiger partial charge in [0.1, 0.15) is 0 Å². The van der Waals surface area contributed by atoms with Crippen LogP contribution in [0.3, 0.4) is 0 Å². The number of thiophene rings is 1. The SMILES string of the molecule is O=C(Cc1cccs1)OCCC12CC3CC(CC(C3)C1)C2. The summed E-state index contributed by atoms with van der Waals surface area (Å²) >= 11 is 1.63. The predicted octanol–water partition coefficient (Wildman–Crippen LogP) is 4.44. The lowest BCUT2D eigenvalue weighted by atomic mass is 9.49. The molecule has 3 heteroatoms. The van der Waals surface area contributed by atoms with Crippen molar-refractivity contribution in [2.45, 2.75) is 51.4 Å². The lowest BCUT2D eigenvalue weighted by molar-refractivity contribution is -0.145. The highest BCUT2D eigenvalue weighted by Gasteiger charge is 2.50. The number of rotatable bonds is 5. The number of esters is 1. The van der Waals surface area contributed by atoms with Gasteiger partial charge in [-0.15, -0.1) is 11.3 Å². The summed E-state index contributed by atoms with van der Waals surface area (Å²) in [5.74, 6) is 2.90. The second-order valence-electron chi connectivity index (χ2n) is 7.64. The minimum atomic E-state index is -0.0535. The van der Waals surface area contributed by atoms with Gasteiger partial charge in [0.15, 0.2) is 0 Å². The van der Waals surface area contributed by atoms with Crippen LogP contribution in [-0.2, 0) is 16.0 Å². The van der Waals surface area contributed by atoms with Gasteiger partial charge < -0.3 is 4.74 Å². The molecule has 4 fully saturated rings. The van der Waals surface area contributed by atoms with Crippen LogP contribution in [0.5, 0.6) is 0 Å². The maximum absolute atomic E-state index is 11.9. The molecule has 4 saturated carbocycles. The molecule has 0 spiro atoms. The molecule has 0 saturated heterocycles. The average molecular weight is 304 g/mol. The Bertz CT molecular complexity index is 470. The van der Waals surface area contributed by atoms with Gasteiger partial charge in [-0.05, 0) is 79.6 Å². The van der Waals surface area contributed by atoms with Crippen molar-refractivity contribution in [2.75, 3.05) is 6.61 Å². The highest BCUT2D eigenvalue weighted by molar-refractivity contribution is 7.10. The topological polar surface area (TPSA) is 26.3 Å². The Morgan fingerprint density at radius 1 is 1.19 bits per heavy atom. The lowest BCUT2D eigenvalue weighted by Gasteiger charge is -2.57. The molecule has 4 aliphatic rings. The Hall–Kier alpha value is -0.830. The summed E-state index contributed by atoms with van der Waals surface area (Å²) in [7, 11) is 0. The Morgan fingerprint density at radius 3 is 2.43 bits per heavy atom. The molecular formula is C18H24O2S. The van der Waals surface area contributed by atoms with Gasteiger partial charge in [0.2, 0.25) is 0 Å². The summed E-state index contributed by atoms with van der Waals surface area (Å²) in [5.41, 5.74) is 0.526. The second-order valence-corrected chi connectivity index (χ2v) is 8.68. The largest absolute Gasteiger partial charge is 0.465 e. The molecule has 2 nitrogen and oxygen atoms in total. The van der Waals surface area contributed by atoms with E-state index >= 15 is 0 Å². The molecule has 4 bridgehead atoms. The van der Waals surface area contributed by atoms with Crippen molar-refractivity contribution >= 4 is 17.3 Å². The first-order chi connectivity index (χ1) is 10.2. The van der Waals surface area contributed by atoms with E-state index in [0.29, 0.717) is 18.4 Å².